The van der Waals surface area contributed by atoms with Gasteiger partial charge in [-0.25, -0.2) is 4.98 Å². The molecule has 3 aromatic rings. The molecular formula is C14H12N2O4. The molecule has 0 aliphatic carbocycles. The van der Waals surface area contributed by atoms with Crippen molar-refractivity contribution in [1.82, 2.24) is 4.98 Å². The highest BCUT2D eigenvalue weighted by Crippen LogP contribution is 2.42. The number of aromatic hydroxyl groups is 1. The first-order valence-electron chi connectivity index (χ1n) is 6.31. The van der Waals surface area contributed by atoms with Crippen molar-refractivity contribution in [3.63, 3.8) is 0 Å². The Balaban J connectivity index is 2.49. The van der Waals surface area contributed by atoms with Crippen molar-refractivity contribution in [3.05, 3.63) is 40.3 Å². The Morgan fingerprint density at radius 1 is 1.35 bits per heavy atom. The maximum atomic E-state index is 11.2. The molecule has 0 bridgehead atoms. The molecule has 0 fully saturated rings. The van der Waals surface area contributed by atoms with Gasteiger partial charge < -0.3 is 9.52 Å². The number of rotatable bonds is 3. The summed E-state index contributed by atoms with van der Waals surface area (Å²) in [6.45, 7) is 1.97. The number of nitro groups is 1. The van der Waals surface area contributed by atoms with E-state index in [0.29, 0.717) is 28.7 Å². The van der Waals surface area contributed by atoms with E-state index >= 15 is 0 Å². The average Bonchev–Trinajstić information content (AvgIpc) is 2.82. The van der Waals surface area contributed by atoms with Gasteiger partial charge in [-0.15, -0.1) is 0 Å². The van der Waals surface area contributed by atoms with Crippen LogP contribution in [0.3, 0.4) is 0 Å². The molecule has 0 aliphatic heterocycles. The monoisotopic (exact) mass is 272 g/mol. The van der Waals surface area contributed by atoms with Crippen LogP contribution in [0.5, 0.6) is 5.75 Å². The van der Waals surface area contributed by atoms with Crippen LogP contribution in [0.25, 0.3) is 21.9 Å². The van der Waals surface area contributed by atoms with Crippen LogP contribution in [0.4, 0.5) is 5.69 Å². The van der Waals surface area contributed by atoms with Crippen molar-refractivity contribution in [1.29, 1.82) is 0 Å². The second kappa shape index (κ2) is 4.48. The fourth-order valence-electron chi connectivity index (χ4n) is 2.33. The van der Waals surface area contributed by atoms with Gasteiger partial charge in [-0.2, -0.15) is 0 Å². The molecule has 1 aromatic heterocycles. The molecule has 1 N–H and O–H groups in total. The molecule has 0 spiro atoms. The van der Waals surface area contributed by atoms with Crippen molar-refractivity contribution in [2.24, 2.45) is 0 Å². The Labute approximate surface area is 113 Å². The minimum Gasteiger partial charge on any atom is -0.502 e. The summed E-state index contributed by atoms with van der Waals surface area (Å²) < 4.78 is 5.64. The van der Waals surface area contributed by atoms with Gasteiger partial charge in [-0.05, 0) is 6.42 Å². The topological polar surface area (TPSA) is 89.4 Å². The smallest absolute Gasteiger partial charge is 0.340 e. The zero-order chi connectivity index (χ0) is 14.3. The Bertz CT molecular complexity index is 823. The second-order valence-electron chi connectivity index (χ2n) is 4.54. The fourth-order valence-corrected chi connectivity index (χ4v) is 2.33. The minimum absolute atomic E-state index is 0.106. The van der Waals surface area contributed by atoms with Crippen LogP contribution in [0.1, 0.15) is 19.2 Å². The molecular weight excluding hydrogens is 260 g/mol. The zero-order valence-corrected chi connectivity index (χ0v) is 10.8. The van der Waals surface area contributed by atoms with Gasteiger partial charge in [0.2, 0.25) is 5.75 Å². The van der Waals surface area contributed by atoms with Crippen LogP contribution in [0, 0.1) is 10.1 Å². The normalized spacial score (nSPS) is 11.2. The first-order valence-corrected chi connectivity index (χ1v) is 6.31. The summed E-state index contributed by atoms with van der Waals surface area (Å²) in [5, 5.41) is 22.4. The van der Waals surface area contributed by atoms with Crippen LogP contribution in [-0.2, 0) is 6.42 Å². The molecule has 0 saturated heterocycles. The quantitative estimate of drug-likeness (QED) is 0.581. The maximum absolute atomic E-state index is 11.2. The van der Waals surface area contributed by atoms with E-state index in [2.05, 4.69) is 4.98 Å². The summed E-state index contributed by atoms with van der Waals surface area (Å²) >= 11 is 0. The number of nitro benzene ring substituents is 1. The zero-order valence-electron chi connectivity index (χ0n) is 10.8. The third-order valence-corrected chi connectivity index (χ3v) is 3.19. The van der Waals surface area contributed by atoms with Gasteiger partial charge in [0.15, 0.2) is 17.0 Å². The summed E-state index contributed by atoms with van der Waals surface area (Å²) in [4.78, 5) is 14.8. The fraction of sp³-hybridized carbons (Fsp3) is 0.214. The predicted octanol–water partition coefficient (Wildman–Crippen LogP) is 3.55. The molecule has 2 aromatic carbocycles. The van der Waals surface area contributed by atoms with E-state index < -0.39 is 10.6 Å². The van der Waals surface area contributed by atoms with Crippen LogP contribution in [0.2, 0.25) is 0 Å². The Morgan fingerprint density at radius 2 is 2.05 bits per heavy atom. The number of hydrogen-bond donors (Lipinski definition) is 1. The molecule has 6 nitrogen and oxygen atoms in total. The lowest BCUT2D eigenvalue weighted by Gasteiger charge is -2.02. The van der Waals surface area contributed by atoms with Crippen LogP contribution in [0.15, 0.2) is 28.7 Å². The van der Waals surface area contributed by atoms with Gasteiger partial charge in [-0.1, -0.05) is 31.2 Å². The molecule has 1 heterocycles. The molecule has 0 atom stereocenters. The number of nitrogens with zero attached hydrogens (tertiary/aromatic N) is 2. The molecule has 0 radical (unpaired) electrons. The number of hydrogen-bond acceptors (Lipinski definition) is 5. The van der Waals surface area contributed by atoms with Crippen molar-refractivity contribution < 1.29 is 14.4 Å². The highest BCUT2D eigenvalue weighted by Gasteiger charge is 2.26. The lowest BCUT2D eigenvalue weighted by Crippen LogP contribution is -1.92. The summed E-state index contributed by atoms with van der Waals surface area (Å²) in [6.07, 6.45) is 1.42. The Hall–Kier alpha value is -2.63. The molecule has 0 unspecified atom stereocenters. The number of aryl methyl sites for hydroxylation is 1. The van der Waals surface area contributed by atoms with E-state index in [0.717, 1.165) is 6.42 Å². The van der Waals surface area contributed by atoms with Gasteiger partial charge in [0.1, 0.15) is 0 Å². The van der Waals surface area contributed by atoms with Crippen LogP contribution >= 0.6 is 0 Å². The van der Waals surface area contributed by atoms with E-state index in [1.165, 1.54) is 0 Å². The number of aromatic nitrogens is 1. The minimum atomic E-state index is -0.623. The average molecular weight is 272 g/mol. The summed E-state index contributed by atoms with van der Waals surface area (Å²) in [5.74, 6) is 0.0794. The van der Waals surface area contributed by atoms with Crippen LogP contribution < -0.4 is 0 Å². The van der Waals surface area contributed by atoms with E-state index in [4.69, 9.17) is 4.42 Å². The third kappa shape index (κ3) is 1.69. The van der Waals surface area contributed by atoms with Gasteiger partial charge in [0.25, 0.3) is 0 Å². The van der Waals surface area contributed by atoms with E-state index in [-0.39, 0.29) is 11.3 Å². The first-order chi connectivity index (χ1) is 9.63. The molecule has 20 heavy (non-hydrogen) atoms. The van der Waals surface area contributed by atoms with Crippen molar-refractivity contribution in [2.45, 2.75) is 19.8 Å². The molecule has 3 rings (SSSR count). The van der Waals surface area contributed by atoms with Crippen molar-refractivity contribution in [2.75, 3.05) is 0 Å². The Morgan fingerprint density at radius 3 is 2.70 bits per heavy atom. The molecule has 0 saturated carbocycles. The highest BCUT2D eigenvalue weighted by atomic mass is 16.6. The Kier molecular flexibility index (Phi) is 2.78. The summed E-state index contributed by atoms with van der Waals surface area (Å²) in [6, 6.07) is 6.87. The summed E-state index contributed by atoms with van der Waals surface area (Å²) in [5.41, 5.74) is 0.0630. The van der Waals surface area contributed by atoms with Gasteiger partial charge in [0, 0.05) is 17.2 Å². The number of oxazole rings is 1. The molecule has 6 heteroatoms. The third-order valence-electron chi connectivity index (χ3n) is 3.19. The maximum Gasteiger partial charge on any atom is 0.340 e. The highest BCUT2D eigenvalue weighted by molar-refractivity contribution is 6.11. The number of phenolic OH excluding ortho intramolecular Hbond substituents is 1. The van der Waals surface area contributed by atoms with Gasteiger partial charge >= 0.3 is 5.69 Å². The lowest BCUT2D eigenvalue weighted by molar-refractivity contribution is -0.384. The van der Waals surface area contributed by atoms with E-state index in [9.17, 15) is 15.2 Å². The predicted molar refractivity (Wildman–Crippen MR) is 73.8 cm³/mol. The van der Waals surface area contributed by atoms with Gasteiger partial charge in [-0.3, -0.25) is 10.1 Å². The molecule has 102 valence electrons. The van der Waals surface area contributed by atoms with E-state index in [1.807, 2.05) is 6.92 Å². The first kappa shape index (κ1) is 12.4. The van der Waals surface area contributed by atoms with Crippen molar-refractivity contribution >= 4 is 27.6 Å². The molecule has 0 amide bonds. The number of phenols is 1. The second-order valence-corrected chi connectivity index (χ2v) is 4.54. The van der Waals surface area contributed by atoms with Gasteiger partial charge in [0.05, 0.1) is 4.92 Å². The number of benzene rings is 2. The van der Waals surface area contributed by atoms with Crippen LogP contribution in [-0.4, -0.2) is 15.0 Å². The largest absolute Gasteiger partial charge is 0.502 e. The lowest BCUT2D eigenvalue weighted by atomic mass is 10.1. The molecule has 0 aliphatic rings. The number of fused-ring (bicyclic) bond motifs is 3. The van der Waals surface area contributed by atoms with Crippen molar-refractivity contribution in [3.8, 4) is 5.75 Å². The standard InChI is InChI=1S/C14H12N2O4/c1-2-5-10-15-11-12(16(18)19)13(17)8-6-3-4-7-9(8)14(11)20-10/h3-4,6-7,17H,2,5H2,1H3. The SMILES string of the molecule is CCCc1nc2c([N+](=O)[O-])c(O)c3ccccc3c2o1. The summed E-state index contributed by atoms with van der Waals surface area (Å²) in [7, 11) is 0. The van der Waals surface area contributed by atoms with E-state index in [1.54, 1.807) is 24.3 Å².